The second-order valence-corrected chi connectivity index (χ2v) is 9.81. The van der Waals surface area contributed by atoms with Crippen LogP contribution in [0.3, 0.4) is 0 Å². The van der Waals surface area contributed by atoms with E-state index in [4.69, 9.17) is 4.74 Å². The molecule has 0 aliphatic rings. The zero-order valence-corrected chi connectivity index (χ0v) is 20.6. The van der Waals surface area contributed by atoms with Gasteiger partial charge in [0.2, 0.25) is 10.0 Å². The van der Waals surface area contributed by atoms with Gasteiger partial charge in [0.15, 0.2) is 5.75 Å². The number of amides is 1. The Balaban J connectivity index is 1.74. The van der Waals surface area contributed by atoms with E-state index < -0.39 is 27.4 Å². The number of rotatable bonds is 11. The summed E-state index contributed by atoms with van der Waals surface area (Å²) in [6, 6.07) is 20.0. The van der Waals surface area contributed by atoms with Gasteiger partial charge in [-0.2, -0.15) is 9.41 Å². The Labute approximate surface area is 209 Å². The van der Waals surface area contributed by atoms with Gasteiger partial charge in [-0.25, -0.2) is 13.8 Å². The van der Waals surface area contributed by atoms with Gasteiger partial charge >= 0.3 is 5.69 Å². The largest absolute Gasteiger partial charge is 0.490 e. The summed E-state index contributed by atoms with van der Waals surface area (Å²) < 4.78 is 32.6. The molecule has 11 heteroatoms. The number of methoxy groups -OCH3 is 1. The molecule has 3 aromatic carbocycles. The van der Waals surface area contributed by atoms with E-state index in [0.29, 0.717) is 12.0 Å². The zero-order chi connectivity index (χ0) is 26.1. The first-order chi connectivity index (χ1) is 17.2. The molecule has 0 radical (unpaired) electrons. The van der Waals surface area contributed by atoms with Crippen molar-refractivity contribution in [2.24, 2.45) is 5.10 Å². The quantitative estimate of drug-likeness (QED) is 0.239. The molecule has 1 amide bonds. The summed E-state index contributed by atoms with van der Waals surface area (Å²) in [5, 5.41) is 15.0. The van der Waals surface area contributed by atoms with Crippen LogP contribution in [0.5, 0.6) is 5.75 Å². The fourth-order valence-electron chi connectivity index (χ4n) is 3.35. The number of nitrogens with zero attached hydrogens (tertiary/aromatic N) is 3. The first kappa shape index (κ1) is 26.5. The van der Waals surface area contributed by atoms with Crippen molar-refractivity contribution in [3.05, 3.63) is 99.6 Å². The van der Waals surface area contributed by atoms with E-state index in [1.165, 1.54) is 43.7 Å². The maximum absolute atomic E-state index is 13.3. The molecule has 0 fully saturated rings. The standard InChI is InChI=1S/C25H26N4O6S/c1-19-8-11-22(12-9-19)36(33,34)28(15-14-20-6-4-3-5-7-20)18-25(30)27-26-17-21-10-13-24(35-2)23(16-21)29(31)32/h3-13,16-17H,14-15,18H2,1-2H3,(H,27,30)/b26-17-. The summed E-state index contributed by atoms with van der Waals surface area (Å²) in [7, 11) is -2.63. The molecule has 0 bridgehead atoms. The van der Waals surface area contributed by atoms with E-state index >= 15 is 0 Å². The topological polar surface area (TPSA) is 131 Å². The van der Waals surface area contributed by atoms with Gasteiger partial charge in [-0.15, -0.1) is 0 Å². The predicted octanol–water partition coefficient (Wildman–Crippen LogP) is 3.30. The van der Waals surface area contributed by atoms with Crippen LogP contribution in [0.4, 0.5) is 5.69 Å². The minimum absolute atomic E-state index is 0.0853. The number of carbonyl (C=O) groups is 1. The number of ether oxygens (including phenoxy) is 1. The Morgan fingerprint density at radius 3 is 2.44 bits per heavy atom. The van der Waals surface area contributed by atoms with Crippen molar-refractivity contribution in [3.63, 3.8) is 0 Å². The van der Waals surface area contributed by atoms with Crippen molar-refractivity contribution in [2.75, 3.05) is 20.2 Å². The van der Waals surface area contributed by atoms with E-state index in [1.54, 1.807) is 12.1 Å². The summed E-state index contributed by atoms with van der Waals surface area (Å²) >= 11 is 0. The highest BCUT2D eigenvalue weighted by Gasteiger charge is 2.26. The van der Waals surface area contributed by atoms with E-state index in [2.05, 4.69) is 10.5 Å². The molecule has 1 N–H and O–H groups in total. The first-order valence-corrected chi connectivity index (χ1v) is 12.4. The number of aryl methyl sites for hydroxylation is 1. The first-order valence-electron chi connectivity index (χ1n) is 11.0. The smallest absolute Gasteiger partial charge is 0.311 e. The van der Waals surface area contributed by atoms with E-state index in [9.17, 15) is 23.3 Å². The molecule has 3 rings (SSSR count). The van der Waals surface area contributed by atoms with E-state index in [0.717, 1.165) is 15.4 Å². The van der Waals surface area contributed by atoms with Crippen molar-refractivity contribution in [1.29, 1.82) is 0 Å². The van der Waals surface area contributed by atoms with Crippen LogP contribution in [0, 0.1) is 17.0 Å². The molecule has 0 aliphatic carbocycles. The number of hydrogen-bond donors (Lipinski definition) is 1. The van der Waals surface area contributed by atoms with Crippen LogP contribution in [-0.2, 0) is 21.2 Å². The van der Waals surface area contributed by atoms with Gasteiger partial charge < -0.3 is 4.74 Å². The fraction of sp³-hybridized carbons (Fsp3) is 0.200. The molecule has 3 aromatic rings. The van der Waals surface area contributed by atoms with Crippen LogP contribution in [0.2, 0.25) is 0 Å². The average Bonchev–Trinajstić information content (AvgIpc) is 2.87. The summed E-state index contributed by atoms with van der Waals surface area (Å²) in [6.45, 7) is 1.48. The number of hydrogen-bond acceptors (Lipinski definition) is 7. The van der Waals surface area contributed by atoms with E-state index in [-0.39, 0.29) is 22.9 Å². The minimum Gasteiger partial charge on any atom is -0.490 e. The van der Waals surface area contributed by atoms with Crippen molar-refractivity contribution >= 4 is 27.8 Å². The van der Waals surface area contributed by atoms with Gasteiger partial charge in [0.1, 0.15) is 0 Å². The second kappa shape index (κ2) is 12.0. The Morgan fingerprint density at radius 1 is 1.11 bits per heavy atom. The monoisotopic (exact) mass is 510 g/mol. The number of hydrazone groups is 1. The maximum atomic E-state index is 13.3. The van der Waals surface area contributed by atoms with Gasteiger partial charge in [0.05, 0.1) is 29.7 Å². The number of benzene rings is 3. The molecule has 0 saturated carbocycles. The van der Waals surface area contributed by atoms with Crippen LogP contribution in [0.1, 0.15) is 16.7 Å². The maximum Gasteiger partial charge on any atom is 0.311 e. The van der Waals surface area contributed by atoms with Gasteiger partial charge in [0, 0.05) is 18.2 Å². The Morgan fingerprint density at radius 2 is 1.81 bits per heavy atom. The number of nitrogens with one attached hydrogen (secondary N) is 1. The van der Waals surface area contributed by atoms with Gasteiger partial charge in [-0.05, 0) is 43.2 Å². The van der Waals surface area contributed by atoms with Gasteiger partial charge in [-0.1, -0.05) is 48.0 Å². The SMILES string of the molecule is COc1ccc(/C=N\NC(=O)CN(CCc2ccccc2)S(=O)(=O)c2ccc(C)cc2)cc1[N+](=O)[O-]. The van der Waals surface area contributed by atoms with Crippen LogP contribution in [0.15, 0.2) is 82.8 Å². The molecule has 0 saturated heterocycles. The van der Waals surface area contributed by atoms with Crippen molar-refractivity contribution < 1.29 is 22.9 Å². The van der Waals surface area contributed by atoms with Gasteiger partial charge in [-0.3, -0.25) is 14.9 Å². The number of nitro groups is 1. The third-order valence-corrected chi connectivity index (χ3v) is 7.13. The highest BCUT2D eigenvalue weighted by molar-refractivity contribution is 7.89. The Kier molecular flexibility index (Phi) is 8.87. The summed E-state index contributed by atoms with van der Waals surface area (Å²) in [4.78, 5) is 23.3. The molecule has 0 heterocycles. The average molecular weight is 511 g/mol. The number of carbonyl (C=O) groups excluding carboxylic acids is 1. The predicted molar refractivity (Wildman–Crippen MR) is 135 cm³/mol. The zero-order valence-electron chi connectivity index (χ0n) is 19.8. The van der Waals surface area contributed by atoms with Gasteiger partial charge in [0.25, 0.3) is 5.91 Å². The lowest BCUT2D eigenvalue weighted by Crippen LogP contribution is -2.40. The molecule has 188 valence electrons. The highest BCUT2D eigenvalue weighted by Crippen LogP contribution is 2.26. The normalized spacial score (nSPS) is 11.5. The lowest BCUT2D eigenvalue weighted by molar-refractivity contribution is -0.385. The third-order valence-electron chi connectivity index (χ3n) is 5.27. The highest BCUT2D eigenvalue weighted by atomic mass is 32.2. The molecule has 0 aliphatic heterocycles. The van der Waals surface area contributed by atoms with Crippen molar-refractivity contribution in [2.45, 2.75) is 18.2 Å². The molecule has 0 unspecified atom stereocenters. The molecule has 10 nitrogen and oxygen atoms in total. The number of sulfonamides is 1. The van der Waals surface area contributed by atoms with Crippen LogP contribution < -0.4 is 10.2 Å². The van der Waals surface area contributed by atoms with Crippen molar-refractivity contribution in [3.8, 4) is 5.75 Å². The van der Waals surface area contributed by atoms with Crippen LogP contribution in [0.25, 0.3) is 0 Å². The molecule has 36 heavy (non-hydrogen) atoms. The molecule has 0 aromatic heterocycles. The fourth-order valence-corrected chi connectivity index (χ4v) is 4.74. The summed E-state index contributed by atoms with van der Waals surface area (Å²) in [5.74, 6) is -0.561. The minimum atomic E-state index is -3.95. The molecule has 0 spiro atoms. The van der Waals surface area contributed by atoms with Crippen LogP contribution in [-0.4, -0.2) is 50.0 Å². The third kappa shape index (κ3) is 6.96. The lowest BCUT2D eigenvalue weighted by atomic mass is 10.1. The second-order valence-electron chi connectivity index (χ2n) is 7.87. The number of nitro benzene ring substituents is 1. The lowest BCUT2D eigenvalue weighted by Gasteiger charge is -2.21. The Bertz CT molecular complexity index is 1340. The summed E-state index contributed by atoms with van der Waals surface area (Å²) in [5.41, 5.74) is 4.25. The molecular formula is C25H26N4O6S. The molecule has 0 atom stereocenters. The Hall–Kier alpha value is -4.09. The van der Waals surface area contributed by atoms with Crippen molar-refractivity contribution in [1.82, 2.24) is 9.73 Å². The van der Waals surface area contributed by atoms with Crippen LogP contribution >= 0.6 is 0 Å². The summed E-state index contributed by atoms with van der Waals surface area (Å²) in [6.07, 6.45) is 1.64. The molecular weight excluding hydrogens is 484 g/mol. The van der Waals surface area contributed by atoms with E-state index in [1.807, 2.05) is 37.3 Å².